The van der Waals surface area contributed by atoms with Crippen molar-refractivity contribution in [2.75, 3.05) is 32.1 Å². The van der Waals surface area contributed by atoms with Crippen LogP contribution in [-0.2, 0) is 11.3 Å². The standard InChI is InChI=1S/C20H23N5O4/c1-14-23-17-5-3-4-6-18(17)24(14)11-9-22-20(26)15-7-8-16(21-10-12-29-2)19(13-15)25(27)28/h3-8,13,21H,9-12H2,1-2H3,(H,22,26). The van der Waals surface area contributed by atoms with Gasteiger partial charge in [-0.05, 0) is 31.2 Å². The monoisotopic (exact) mass is 397 g/mol. The highest BCUT2D eigenvalue weighted by Gasteiger charge is 2.17. The number of hydrogen-bond donors (Lipinski definition) is 2. The quantitative estimate of drug-likeness (QED) is 0.326. The van der Waals surface area contributed by atoms with Crippen LogP contribution in [0, 0.1) is 17.0 Å². The van der Waals surface area contributed by atoms with Crippen molar-refractivity contribution in [1.29, 1.82) is 0 Å². The maximum atomic E-state index is 12.5. The third kappa shape index (κ3) is 4.69. The minimum atomic E-state index is -0.507. The smallest absolute Gasteiger partial charge is 0.293 e. The van der Waals surface area contributed by atoms with Gasteiger partial charge in [0, 0.05) is 38.4 Å². The molecule has 152 valence electrons. The summed E-state index contributed by atoms with van der Waals surface area (Å²) in [5.41, 5.74) is 2.35. The van der Waals surface area contributed by atoms with Gasteiger partial charge in [0.05, 0.1) is 22.6 Å². The summed E-state index contributed by atoms with van der Waals surface area (Å²) < 4.78 is 6.96. The molecule has 9 heteroatoms. The highest BCUT2D eigenvalue weighted by atomic mass is 16.6. The molecule has 0 fully saturated rings. The lowest BCUT2D eigenvalue weighted by atomic mass is 10.1. The zero-order chi connectivity index (χ0) is 20.8. The highest BCUT2D eigenvalue weighted by molar-refractivity contribution is 5.95. The van der Waals surface area contributed by atoms with E-state index in [0.717, 1.165) is 16.9 Å². The molecular formula is C20H23N5O4. The van der Waals surface area contributed by atoms with Crippen LogP contribution in [-0.4, -0.2) is 47.2 Å². The summed E-state index contributed by atoms with van der Waals surface area (Å²) in [6.45, 7) is 3.70. The second-order valence-electron chi connectivity index (χ2n) is 6.46. The summed E-state index contributed by atoms with van der Waals surface area (Å²) in [6.07, 6.45) is 0. The first-order chi connectivity index (χ1) is 14.0. The van der Waals surface area contributed by atoms with Crippen molar-refractivity contribution < 1.29 is 14.5 Å². The molecule has 0 unspecified atom stereocenters. The number of carbonyl (C=O) groups excluding carboxylic acids is 1. The minimum Gasteiger partial charge on any atom is -0.383 e. The first-order valence-electron chi connectivity index (χ1n) is 9.22. The molecule has 1 heterocycles. The van der Waals surface area contributed by atoms with E-state index in [1.165, 1.54) is 12.1 Å². The van der Waals surface area contributed by atoms with Crippen LogP contribution >= 0.6 is 0 Å². The van der Waals surface area contributed by atoms with E-state index in [1.807, 2.05) is 35.8 Å². The summed E-state index contributed by atoms with van der Waals surface area (Å²) in [5, 5.41) is 17.1. The van der Waals surface area contributed by atoms with Gasteiger partial charge in [0.15, 0.2) is 0 Å². The zero-order valence-electron chi connectivity index (χ0n) is 16.3. The molecule has 0 bridgehead atoms. The summed E-state index contributed by atoms with van der Waals surface area (Å²) in [5.74, 6) is 0.501. The van der Waals surface area contributed by atoms with E-state index in [2.05, 4.69) is 15.6 Å². The fraction of sp³-hybridized carbons (Fsp3) is 0.300. The molecule has 2 aromatic carbocycles. The van der Waals surface area contributed by atoms with E-state index in [1.54, 1.807) is 13.2 Å². The molecule has 0 aliphatic heterocycles. The van der Waals surface area contributed by atoms with Crippen molar-refractivity contribution in [3.8, 4) is 0 Å². The van der Waals surface area contributed by atoms with Gasteiger partial charge in [-0.15, -0.1) is 0 Å². The van der Waals surface area contributed by atoms with Crippen molar-refractivity contribution in [2.45, 2.75) is 13.5 Å². The number of methoxy groups -OCH3 is 1. The molecule has 3 rings (SSSR count). The number of nitrogens with zero attached hydrogens (tertiary/aromatic N) is 3. The molecule has 29 heavy (non-hydrogen) atoms. The van der Waals surface area contributed by atoms with Crippen LogP contribution in [0.15, 0.2) is 42.5 Å². The van der Waals surface area contributed by atoms with Crippen LogP contribution in [0.4, 0.5) is 11.4 Å². The molecule has 1 aromatic heterocycles. The molecule has 0 saturated carbocycles. The van der Waals surface area contributed by atoms with Gasteiger partial charge in [-0.2, -0.15) is 0 Å². The van der Waals surface area contributed by atoms with Gasteiger partial charge in [0.2, 0.25) is 0 Å². The average molecular weight is 397 g/mol. The molecule has 0 aliphatic carbocycles. The van der Waals surface area contributed by atoms with Crippen molar-refractivity contribution in [3.05, 3.63) is 64.0 Å². The summed E-state index contributed by atoms with van der Waals surface area (Å²) >= 11 is 0. The Balaban J connectivity index is 1.66. The number of para-hydroxylation sites is 2. The van der Waals surface area contributed by atoms with E-state index in [0.29, 0.717) is 31.9 Å². The first kappa shape index (κ1) is 20.3. The molecule has 0 spiro atoms. The van der Waals surface area contributed by atoms with Gasteiger partial charge in [0.1, 0.15) is 11.5 Å². The number of nitrogens with one attached hydrogen (secondary N) is 2. The number of amides is 1. The predicted octanol–water partition coefficient (Wildman–Crippen LogP) is 2.74. The Morgan fingerprint density at radius 1 is 1.24 bits per heavy atom. The predicted molar refractivity (Wildman–Crippen MR) is 110 cm³/mol. The Morgan fingerprint density at radius 3 is 2.79 bits per heavy atom. The third-order valence-corrected chi connectivity index (χ3v) is 4.54. The number of rotatable bonds is 9. The van der Waals surface area contributed by atoms with E-state index >= 15 is 0 Å². The van der Waals surface area contributed by atoms with Crippen LogP contribution in [0.2, 0.25) is 0 Å². The summed E-state index contributed by atoms with van der Waals surface area (Å²) in [4.78, 5) is 27.8. The second-order valence-corrected chi connectivity index (χ2v) is 6.46. The van der Waals surface area contributed by atoms with Gasteiger partial charge in [-0.25, -0.2) is 4.98 Å². The Kier molecular flexibility index (Phi) is 6.40. The number of nitro groups is 1. The average Bonchev–Trinajstić information content (AvgIpc) is 3.03. The highest BCUT2D eigenvalue weighted by Crippen LogP contribution is 2.25. The molecular weight excluding hydrogens is 374 g/mol. The Bertz CT molecular complexity index is 1030. The maximum absolute atomic E-state index is 12.5. The van der Waals surface area contributed by atoms with E-state index in [9.17, 15) is 14.9 Å². The molecule has 0 aliphatic rings. The number of anilines is 1. The molecule has 0 radical (unpaired) electrons. The number of benzene rings is 2. The fourth-order valence-corrected chi connectivity index (χ4v) is 3.12. The van der Waals surface area contributed by atoms with Crippen molar-refractivity contribution in [3.63, 3.8) is 0 Å². The normalized spacial score (nSPS) is 10.8. The number of ether oxygens (including phenoxy) is 1. The van der Waals surface area contributed by atoms with Crippen molar-refractivity contribution >= 4 is 28.3 Å². The topological polar surface area (TPSA) is 111 Å². The fourth-order valence-electron chi connectivity index (χ4n) is 3.12. The van der Waals surface area contributed by atoms with Crippen LogP contribution in [0.1, 0.15) is 16.2 Å². The number of aryl methyl sites for hydroxylation is 1. The summed E-state index contributed by atoms with van der Waals surface area (Å²) in [6, 6.07) is 12.2. The van der Waals surface area contributed by atoms with Gasteiger partial charge in [0.25, 0.3) is 11.6 Å². The first-order valence-corrected chi connectivity index (χ1v) is 9.22. The third-order valence-electron chi connectivity index (χ3n) is 4.54. The lowest BCUT2D eigenvalue weighted by Crippen LogP contribution is -2.27. The largest absolute Gasteiger partial charge is 0.383 e. The number of carbonyl (C=O) groups is 1. The Hall–Kier alpha value is -3.46. The van der Waals surface area contributed by atoms with Gasteiger partial charge in [-0.3, -0.25) is 14.9 Å². The SMILES string of the molecule is COCCNc1ccc(C(=O)NCCn2c(C)nc3ccccc32)cc1[N+](=O)[O-]. The maximum Gasteiger partial charge on any atom is 0.293 e. The molecule has 1 amide bonds. The molecule has 0 atom stereocenters. The number of nitro benzene ring substituents is 1. The van der Waals surface area contributed by atoms with E-state index in [-0.39, 0.29) is 17.2 Å². The van der Waals surface area contributed by atoms with Gasteiger partial charge in [-0.1, -0.05) is 12.1 Å². The van der Waals surface area contributed by atoms with Crippen LogP contribution in [0.3, 0.4) is 0 Å². The lowest BCUT2D eigenvalue weighted by molar-refractivity contribution is -0.384. The van der Waals surface area contributed by atoms with Gasteiger partial charge < -0.3 is 19.9 Å². The van der Waals surface area contributed by atoms with Crippen molar-refractivity contribution in [1.82, 2.24) is 14.9 Å². The Morgan fingerprint density at radius 2 is 2.03 bits per heavy atom. The second kappa shape index (κ2) is 9.16. The molecule has 3 aromatic rings. The van der Waals surface area contributed by atoms with Crippen molar-refractivity contribution in [2.24, 2.45) is 0 Å². The Labute approximate surface area is 167 Å². The molecule has 9 nitrogen and oxygen atoms in total. The van der Waals surface area contributed by atoms with E-state index < -0.39 is 4.92 Å². The van der Waals surface area contributed by atoms with E-state index in [4.69, 9.17) is 4.74 Å². The van der Waals surface area contributed by atoms with Crippen LogP contribution in [0.5, 0.6) is 0 Å². The number of hydrogen-bond acceptors (Lipinski definition) is 6. The zero-order valence-corrected chi connectivity index (χ0v) is 16.3. The number of imidazole rings is 1. The van der Waals surface area contributed by atoms with Gasteiger partial charge >= 0.3 is 0 Å². The molecule has 0 saturated heterocycles. The summed E-state index contributed by atoms with van der Waals surface area (Å²) in [7, 11) is 1.55. The molecule has 2 N–H and O–H groups in total. The number of aromatic nitrogens is 2. The minimum absolute atomic E-state index is 0.148. The van der Waals surface area contributed by atoms with Crippen LogP contribution in [0.25, 0.3) is 11.0 Å². The number of fused-ring (bicyclic) bond motifs is 1. The lowest BCUT2D eigenvalue weighted by Gasteiger charge is -2.10. The van der Waals surface area contributed by atoms with Crippen LogP contribution < -0.4 is 10.6 Å².